The van der Waals surface area contributed by atoms with Crippen LogP contribution in [-0.2, 0) is 0 Å². The summed E-state index contributed by atoms with van der Waals surface area (Å²) in [5.74, 6) is 0. The van der Waals surface area contributed by atoms with Gasteiger partial charge in [0, 0.05) is 25.2 Å². The molecule has 0 aliphatic heterocycles. The van der Waals surface area contributed by atoms with Gasteiger partial charge in [-0.05, 0) is 19.8 Å². The van der Waals surface area contributed by atoms with Crippen LogP contribution in [0.3, 0.4) is 0 Å². The molecule has 0 heterocycles. The molecule has 3 heteroatoms. The van der Waals surface area contributed by atoms with Gasteiger partial charge in [0.15, 0.2) is 0 Å². The summed E-state index contributed by atoms with van der Waals surface area (Å²) in [4.78, 5) is 0. The molecule has 0 aliphatic rings. The fourth-order valence-electron chi connectivity index (χ4n) is 1.77. The summed E-state index contributed by atoms with van der Waals surface area (Å²) in [5.41, 5.74) is 5.71. The second kappa shape index (κ2) is 10.4. The summed E-state index contributed by atoms with van der Waals surface area (Å²) in [6, 6.07) is 0.790. The van der Waals surface area contributed by atoms with Gasteiger partial charge in [-0.25, -0.2) is 0 Å². The Morgan fingerprint density at radius 1 is 1.20 bits per heavy atom. The van der Waals surface area contributed by atoms with Crippen LogP contribution in [0, 0.1) is 0 Å². The van der Waals surface area contributed by atoms with E-state index in [4.69, 9.17) is 10.8 Å². The first-order valence-electron chi connectivity index (χ1n) is 6.31. The number of nitrogens with one attached hydrogen (secondary N) is 1. The number of hydrogen-bond acceptors (Lipinski definition) is 3. The Morgan fingerprint density at radius 2 is 1.93 bits per heavy atom. The zero-order valence-corrected chi connectivity index (χ0v) is 10.3. The van der Waals surface area contributed by atoms with Crippen molar-refractivity contribution in [1.82, 2.24) is 5.32 Å². The molecule has 3 nitrogen and oxygen atoms in total. The van der Waals surface area contributed by atoms with Crippen molar-refractivity contribution >= 4 is 0 Å². The van der Waals surface area contributed by atoms with Crippen LogP contribution in [0.2, 0.25) is 0 Å². The maximum Gasteiger partial charge on any atom is 0.0445 e. The predicted molar refractivity (Wildman–Crippen MR) is 65.9 cm³/mol. The van der Waals surface area contributed by atoms with Gasteiger partial charge in [-0.3, -0.25) is 0 Å². The Morgan fingerprint density at radius 3 is 2.47 bits per heavy atom. The van der Waals surface area contributed by atoms with Crippen molar-refractivity contribution in [3.63, 3.8) is 0 Å². The number of nitrogens with two attached hydrogens (primary N) is 1. The van der Waals surface area contributed by atoms with Crippen LogP contribution in [0.15, 0.2) is 0 Å². The van der Waals surface area contributed by atoms with Gasteiger partial charge < -0.3 is 16.2 Å². The second-order valence-electron chi connectivity index (χ2n) is 4.36. The lowest BCUT2D eigenvalue weighted by Crippen LogP contribution is -2.41. The van der Waals surface area contributed by atoms with E-state index in [1.54, 1.807) is 0 Å². The largest absolute Gasteiger partial charge is 0.396 e. The topological polar surface area (TPSA) is 58.3 Å². The molecule has 0 aliphatic carbocycles. The van der Waals surface area contributed by atoms with Gasteiger partial charge in [0.2, 0.25) is 0 Å². The van der Waals surface area contributed by atoms with Crippen molar-refractivity contribution in [1.29, 1.82) is 0 Å². The smallest absolute Gasteiger partial charge is 0.0445 e. The van der Waals surface area contributed by atoms with Gasteiger partial charge in [-0.2, -0.15) is 0 Å². The fraction of sp³-hybridized carbons (Fsp3) is 1.00. The zero-order valence-electron chi connectivity index (χ0n) is 10.3. The first-order chi connectivity index (χ1) is 7.24. The average Bonchev–Trinajstić information content (AvgIpc) is 2.23. The first-order valence-corrected chi connectivity index (χ1v) is 6.31. The van der Waals surface area contributed by atoms with Crippen molar-refractivity contribution in [2.75, 3.05) is 13.2 Å². The van der Waals surface area contributed by atoms with Gasteiger partial charge in [0.25, 0.3) is 0 Å². The molecule has 0 spiro atoms. The van der Waals surface area contributed by atoms with Gasteiger partial charge in [-0.1, -0.05) is 32.6 Å². The van der Waals surface area contributed by atoms with Gasteiger partial charge in [0.05, 0.1) is 0 Å². The Kier molecular flexibility index (Phi) is 10.3. The average molecular weight is 216 g/mol. The summed E-state index contributed by atoms with van der Waals surface area (Å²) in [6.07, 6.45) is 7.14. The maximum atomic E-state index is 8.80. The minimum atomic E-state index is 0.251. The number of aliphatic hydroxyl groups excluding tert-OH is 1. The standard InChI is InChI=1S/C12H28N2O/c1-3-4-5-6-7-12(10-13)14-11(2)8-9-15/h11-12,14-15H,3-10,13H2,1-2H3. The summed E-state index contributed by atoms with van der Waals surface area (Å²) < 4.78 is 0. The van der Waals surface area contributed by atoms with E-state index in [0.717, 1.165) is 12.8 Å². The minimum Gasteiger partial charge on any atom is -0.396 e. The molecule has 0 fully saturated rings. The van der Waals surface area contributed by atoms with E-state index < -0.39 is 0 Å². The molecule has 0 radical (unpaired) electrons. The molecule has 0 aromatic rings. The third kappa shape index (κ3) is 8.85. The number of hydrogen-bond donors (Lipinski definition) is 3. The van der Waals surface area contributed by atoms with Crippen molar-refractivity contribution in [2.24, 2.45) is 5.73 Å². The molecule has 0 aromatic carbocycles. The maximum absolute atomic E-state index is 8.80. The van der Waals surface area contributed by atoms with Crippen LogP contribution >= 0.6 is 0 Å². The van der Waals surface area contributed by atoms with E-state index in [2.05, 4.69) is 19.2 Å². The molecule has 0 rings (SSSR count). The van der Waals surface area contributed by atoms with Gasteiger partial charge in [-0.15, -0.1) is 0 Å². The van der Waals surface area contributed by atoms with E-state index in [1.807, 2.05) is 0 Å². The Balaban J connectivity index is 3.53. The van der Waals surface area contributed by atoms with Gasteiger partial charge in [0.1, 0.15) is 0 Å². The molecular weight excluding hydrogens is 188 g/mol. The zero-order chi connectivity index (χ0) is 11.5. The summed E-state index contributed by atoms with van der Waals surface area (Å²) in [5, 5.41) is 12.3. The van der Waals surface area contributed by atoms with Crippen LogP contribution in [0.1, 0.15) is 52.4 Å². The second-order valence-corrected chi connectivity index (χ2v) is 4.36. The van der Waals surface area contributed by atoms with Gasteiger partial charge >= 0.3 is 0 Å². The number of aliphatic hydroxyl groups is 1. The molecule has 2 atom stereocenters. The SMILES string of the molecule is CCCCCCC(CN)NC(C)CCO. The lowest BCUT2D eigenvalue weighted by molar-refractivity contribution is 0.261. The van der Waals surface area contributed by atoms with Crippen LogP contribution in [0.25, 0.3) is 0 Å². The lowest BCUT2D eigenvalue weighted by atomic mass is 10.1. The van der Waals surface area contributed by atoms with Crippen LogP contribution in [-0.4, -0.2) is 30.3 Å². The lowest BCUT2D eigenvalue weighted by Gasteiger charge is -2.21. The molecule has 0 amide bonds. The minimum absolute atomic E-state index is 0.251. The Labute approximate surface area is 94.4 Å². The van der Waals surface area contributed by atoms with Crippen LogP contribution in [0.5, 0.6) is 0 Å². The van der Waals surface area contributed by atoms with E-state index in [-0.39, 0.29) is 6.61 Å². The Bertz CT molecular complexity index is 131. The van der Waals surface area contributed by atoms with E-state index in [1.165, 1.54) is 25.7 Å². The van der Waals surface area contributed by atoms with Crippen LogP contribution < -0.4 is 11.1 Å². The Hall–Kier alpha value is -0.120. The third-order valence-corrected chi connectivity index (χ3v) is 2.77. The molecule has 92 valence electrons. The molecule has 15 heavy (non-hydrogen) atoms. The summed E-state index contributed by atoms with van der Waals surface area (Å²) in [7, 11) is 0. The molecule has 4 N–H and O–H groups in total. The highest BCUT2D eigenvalue weighted by Gasteiger charge is 2.09. The van der Waals surface area contributed by atoms with Crippen molar-refractivity contribution in [3.05, 3.63) is 0 Å². The van der Waals surface area contributed by atoms with E-state index >= 15 is 0 Å². The molecule has 0 bridgehead atoms. The molecule has 2 unspecified atom stereocenters. The van der Waals surface area contributed by atoms with Crippen molar-refractivity contribution < 1.29 is 5.11 Å². The highest BCUT2D eigenvalue weighted by Crippen LogP contribution is 2.06. The van der Waals surface area contributed by atoms with E-state index in [0.29, 0.717) is 18.6 Å². The highest BCUT2D eigenvalue weighted by atomic mass is 16.3. The fourth-order valence-corrected chi connectivity index (χ4v) is 1.77. The first kappa shape index (κ1) is 14.9. The molecule has 0 aromatic heterocycles. The molecule has 0 saturated heterocycles. The quantitative estimate of drug-likeness (QED) is 0.487. The summed E-state index contributed by atoms with van der Waals surface area (Å²) in [6.45, 7) is 5.27. The molecular formula is C12H28N2O. The third-order valence-electron chi connectivity index (χ3n) is 2.77. The number of rotatable bonds is 10. The summed E-state index contributed by atoms with van der Waals surface area (Å²) >= 11 is 0. The monoisotopic (exact) mass is 216 g/mol. The highest BCUT2D eigenvalue weighted by molar-refractivity contribution is 4.72. The van der Waals surface area contributed by atoms with E-state index in [9.17, 15) is 0 Å². The number of unbranched alkanes of at least 4 members (excludes halogenated alkanes) is 3. The van der Waals surface area contributed by atoms with Crippen molar-refractivity contribution in [3.8, 4) is 0 Å². The normalized spacial score (nSPS) is 15.2. The predicted octanol–water partition coefficient (Wildman–Crippen LogP) is 1.64. The van der Waals surface area contributed by atoms with Crippen LogP contribution in [0.4, 0.5) is 0 Å². The molecule has 0 saturated carbocycles. The van der Waals surface area contributed by atoms with Crippen molar-refractivity contribution in [2.45, 2.75) is 64.5 Å².